The van der Waals surface area contributed by atoms with E-state index < -0.39 is 11.5 Å². The standard InChI is InChI=1S/C11H18N2O3/c1-8-5-11(10(15)16,12(2)7-14)6-13(8)9-3-4-9/h7-9H,3-6H2,1-2H3,(H,15,16). The van der Waals surface area contributed by atoms with Crippen molar-refractivity contribution in [3.63, 3.8) is 0 Å². The zero-order valence-electron chi connectivity index (χ0n) is 9.72. The van der Waals surface area contributed by atoms with Gasteiger partial charge in [0.2, 0.25) is 6.41 Å². The lowest BCUT2D eigenvalue weighted by molar-refractivity contribution is -0.153. The molecule has 1 aliphatic carbocycles. The van der Waals surface area contributed by atoms with Gasteiger partial charge in [0.05, 0.1) is 0 Å². The molecule has 1 amide bonds. The van der Waals surface area contributed by atoms with E-state index in [9.17, 15) is 14.7 Å². The van der Waals surface area contributed by atoms with Gasteiger partial charge in [0, 0.05) is 25.7 Å². The van der Waals surface area contributed by atoms with Crippen molar-refractivity contribution in [1.29, 1.82) is 0 Å². The average Bonchev–Trinajstić information content (AvgIpc) is 3.01. The lowest BCUT2D eigenvalue weighted by Crippen LogP contribution is -2.54. The van der Waals surface area contributed by atoms with Gasteiger partial charge in [-0.3, -0.25) is 9.69 Å². The topological polar surface area (TPSA) is 60.9 Å². The maximum absolute atomic E-state index is 11.4. The summed E-state index contributed by atoms with van der Waals surface area (Å²) in [7, 11) is 1.56. The minimum absolute atomic E-state index is 0.242. The monoisotopic (exact) mass is 226 g/mol. The third-order valence-electron chi connectivity index (χ3n) is 3.89. The summed E-state index contributed by atoms with van der Waals surface area (Å²) in [6.45, 7) is 2.51. The van der Waals surface area contributed by atoms with Gasteiger partial charge in [0.15, 0.2) is 5.54 Å². The molecule has 2 atom stereocenters. The molecule has 2 unspecified atom stereocenters. The van der Waals surface area contributed by atoms with Gasteiger partial charge in [-0.25, -0.2) is 4.79 Å². The van der Waals surface area contributed by atoms with Gasteiger partial charge in [-0.15, -0.1) is 0 Å². The number of carbonyl (C=O) groups excluding carboxylic acids is 1. The first-order valence-electron chi connectivity index (χ1n) is 5.68. The Kier molecular flexibility index (Phi) is 2.66. The largest absolute Gasteiger partial charge is 0.479 e. The number of likely N-dealkylation sites (N-methyl/N-ethyl adjacent to an activating group) is 1. The third kappa shape index (κ3) is 1.59. The zero-order chi connectivity index (χ0) is 11.9. The van der Waals surface area contributed by atoms with Crippen LogP contribution in [0.15, 0.2) is 0 Å². The van der Waals surface area contributed by atoms with Gasteiger partial charge < -0.3 is 10.0 Å². The molecule has 1 N–H and O–H groups in total. The molecule has 90 valence electrons. The second-order valence-electron chi connectivity index (χ2n) is 5.01. The quantitative estimate of drug-likeness (QED) is 0.693. The van der Waals surface area contributed by atoms with Crippen LogP contribution in [0.3, 0.4) is 0 Å². The Hall–Kier alpha value is -1.10. The van der Waals surface area contributed by atoms with E-state index in [1.165, 1.54) is 4.90 Å². The molecule has 16 heavy (non-hydrogen) atoms. The Morgan fingerprint density at radius 3 is 2.62 bits per heavy atom. The number of rotatable bonds is 4. The molecular formula is C11H18N2O3. The molecule has 2 rings (SSSR count). The van der Waals surface area contributed by atoms with Crippen molar-refractivity contribution in [2.75, 3.05) is 13.6 Å². The van der Waals surface area contributed by atoms with E-state index in [-0.39, 0.29) is 6.04 Å². The maximum atomic E-state index is 11.4. The van der Waals surface area contributed by atoms with Crippen LogP contribution in [-0.4, -0.2) is 58.5 Å². The fourth-order valence-corrected chi connectivity index (χ4v) is 2.69. The van der Waals surface area contributed by atoms with Crippen LogP contribution >= 0.6 is 0 Å². The smallest absolute Gasteiger partial charge is 0.331 e. The highest BCUT2D eigenvalue weighted by atomic mass is 16.4. The van der Waals surface area contributed by atoms with Crippen molar-refractivity contribution in [3.05, 3.63) is 0 Å². The van der Waals surface area contributed by atoms with E-state index in [0.717, 1.165) is 12.8 Å². The summed E-state index contributed by atoms with van der Waals surface area (Å²) in [5, 5.41) is 9.38. The lowest BCUT2D eigenvalue weighted by Gasteiger charge is -2.31. The number of nitrogens with zero attached hydrogens (tertiary/aromatic N) is 2. The van der Waals surface area contributed by atoms with Crippen molar-refractivity contribution in [2.24, 2.45) is 0 Å². The van der Waals surface area contributed by atoms with Gasteiger partial charge in [-0.1, -0.05) is 0 Å². The van der Waals surface area contributed by atoms with Crippen molar-refractivity contribution in [1.82, 2.24) is 9.80 Å². The van der Waals surface area contributed by atoms with Crippen LogP contribution in [0.25, 0.3) is 0 Å². The first-order chi connectivity index (χ1) is 7.51. The van der Waals surface area contributed by atoms with Gasteiger partial charge in [-0.05, 0) is 26.2 Å². The SMILES string of the molecule is CC1CC(C(=O)O)(N(C)C=O)CN1C1CC1. The van der Waals surface area contributed by atoms with Crippen molar-refractivity contribution in [3.8, 4) is 0 Å². The van der Waals surface area contributed by atoms with Gasteiger partial charge >= 0.3 is 5.97 Å². The van der Waals surface area contributed by atoms with Crippen molar-refractivity contribution >= 4 is 12.4 Å². The Bertz CT molecular complexity index is 316. The van der Waals surface area contributed by atoms with E-state index in [4.69, 9.17) is 0 Å². The normalized spacial score (nSPS) is 35.0. The molecule has 1 aliphatic heterocycles. The number of carboxylic acid groups (broad SMARTS) is 1. The van der Waals surface area contributed by atoms with Crippen LogP contribution in [0.2, 0.25) is 0 Å². The summed E-state index contributed by atoms with van der Waals surface area (Å²) < 4.78 is 0. The fraction of sp³-hybridized carbons (Fsp3) is 0.818. The minimum Gasteiger partial charge on any atom is -0.479 e. The molecule has 0 aromatic carbocycles. The number of likely N-dealkylation sites (tertiary alicyclic amines) is 1. The fourth-order valence-electron chi connectivity index (χ4n) is 2.69. The Balaban J connectivity index is 2.22. The number of carbonyl (C=O) groups is 2. The zero-order valence-corrected chi connectivity index (χ0v) is 9.72. The van der Waals surface area contributed by atoms with E-state index in [1.807, 2.05) is 6.92 Å². The molecule has 2 fully saturated rings. The average molecular weight is 226 g/mol. The summed E-state index contributed by atoms with van der Waals surface area (Å²) in [4.78, 5) is 25.8. The Morgan fingerprint density at radius 1 is 1.56 bits per heavy atom. The Morgan fingerprint density at radius 2 is 2.19 bits per heavy atom. The van der Waals surface area contributed by atoms with Crippen LogP contribution in [-0.2, 0) is 9.59 Å². The second kappa shape index (κ2) is 3.73. The molecule has 5 heteroatoms. The summed E-state index contributed by atoms with van der Waals surface area (Å²) in [5.41, 5.74) is -1.02. The van der Waals surface area contributed by atoms with Crippen molar-refractivity contribution in [2.45, 2.75) is 43.8 Å². The van der Waals surface area contributed by atoms with Crippen LogP contribution < -0.4 is 0 Å². The molecule has 0 spiro atoms. The summed E-state index contributed by atoms with van der Waals surface area (Å²) >= 11 is 0. The summed E-state index contributed by atoms with van der Waals surface area (Å²) in [6, 6.07) is 0.780. The number of hydrogen-bond acceptors (Lipinski definition) is 3. The molecule has 0 aromatic heterocycles. The number of amides is 1. The highest BCUT2D eigenvalue weighted by molar-refractivity contribution is 5.82. The first kappa shape index (κ1) is 11.4. The van der Waals surface area contributed by atoms with Gasteiger partial charge in [0.25, 0.3) is 0 Å². The first-order valence-corrected chi connectivity index (χ1v) is 5.68. The molecule has 1 saturated heterocycles. The molecule has 0 bridgehead atoms. The van der Waals surface area contributed by atoms with Crippen LogP contribution in [0, 0.1) is 0 Å². The molecule has 0 radical (unpaired) electrons. The highest BCUT2D eigenvalue weighted by Crippen LogP contribution is 2.39. The molecule has 0 aromatic rings. The van der Waals surface area contributed by atoms with E-state index in [0.29, 0.717) is 25.4 Å². The lowest BCUT2D eigenvalue weighted by atomic mass is 9.95. The van der Waals surface area contributed by atoms with E-state index in [1.54, 1.807) is 7.05 Å². The van der Waals surface area contributed by atoms with E-state index in [2.05, 4.69) is 4.90 Å². The van der Waals surface area contributed by atoms with Crippen molar-refractivity contribution < 1.29 is 14.7 Å². The number of aliphatic carboxylic acids is 1. The highest BCUT2D eigenvalue weighted by Gasteiger charge is 2.53. The molecule has 1 heterocycles. The molecular weight excluding hydrogens is 208 g/mol. The number of hydrogen-bond donors (Lipinski definition) is 1. The van der Waals surface area contributed by atoms with E-state index >= 15 is 0 Å². The second-order valence-corrected chi connectivity index (χ2v) is 5.01. The third-order valence-corrected chi connectivity index (χ3v) is 3.89. The van der Waals surface area contributed by atoms with Crippen LogP contribution in [0.1, 0.15) is 26.2 Å². The molecule has 5 nitrogen and oxygen atoms in total. The van der Waals surface area contributed by atoms with Crippen LogP contribution in [0.4, 0.5) is 0 Å². The summed E-state index contributed by atoms with van der Waals surface area (Å²) in [6.07, 6.45) is 3.46. The predicted octanol–water partition coefficient (Wildman–Crippen LogP) is 0.155. The van der Waals surface area contributed by atoms with Crippen LogP contribution in [0.5, 0.6) is 0 Å². The van der Waals surface area contributed by atoms with Gasteiger partial charge in [-0.2, -0.15) is 0 Å². The van der Waals surface area contributed by atoms with Gasteiger partial charge in [0.1, 0.15) is 0 Å². The number of carboxylic acids is 1. The summed E-state index contributed by atoms with van der Waals surface area (Å²) in [5.74, 6) is -0.892. The maximum Gasteiger partial charge on any atom is 0.331 e. The Labute approximate surface area is 95.0 Å². The molecule has 1 saturated carbocycles. The minimum atomic E-state index is -1.02. The molecule has 2 aliphatic rings. The predicted molar refractivity (Wildman–Crippen MR) is 58.0 cm³/mol.